The Balaban J connectivity index is 1.26. The molecule has 0 atom stereocenters. The maximum Gasteiger partial charge on any atom is 0.164 e. The first-order valence-electron chi connectivity index (χ1n) is 15.8. The molecule has 218 valence electrons. The molecular weight excluding hydrogens is 574 g/mol. The Labute approximate surface area is 269 Å². The van der Waals surface area contributed by atoms with Gasteiger partial charge in [-0.3, -0.25) is 0 Å². The minimum Gasteiger partial charge on any atom is -0.456 e. The van der Waals surface area contributed by atoms with E-state index in [2.05, 4.69) is 127 Å². The normalized spacial score (nSPS) is 11.8. The van der Waals surface area contributed by atoms with Crippen molar-refractivity contribution < 1.29 is 4.42 Å². The van der Waals surface area contributed by atoms with Gasteiger partial charge in [0.05, 0.1) is 0 Å². The molecule has 10 aromatic rings. The molecule has 0 fully saturated rings. The number of aromatic nitrogens is 3. The van der Waals surface area contributed by atoms with Crippen LogP contribution in [-0.2, 0) is 0 Å². The molecule has 0 N–H and O–H groups in total. The minimum absolute atomic E-state index is 0.600. The van der Waals surface area contributed by atoms with Crippen LogP contribution in [0.5, 0.6) is 0 Å². The Morgan fingerprint density at radius 2 is 0.872 bits per heavy atom. The van der Waals surface area contributed by atoms with E-state index in [4.69, 9.17) is 19.4 Å². The minimum atomic E-state index is 0.600. The van der Waals surface area contributed by atoms with Crippen LogP contribution >= 0.6 is 0 Å². The van der Waals surface area contributed by atoms with Crippen molar-refractivity contribution in [3.63, 3.8) is 0 Å². The van der Waals surface area contributed by atoms with Crippen molar-refractivity contribution in [2.45, 2.75) is 0 Å². The number of rotatable bonds is 3. The fourth-order valence-corrected chi connectivity index (χ4v) is 6.99. The Morgan fingerprint density at radius 1 is 0.319 bits per heavy atom. The number of hydrogen-bond donors (Lipinski definition) is 0. The van der Waals surface area contributed by atoms with Crippen molar-refractivity contribution >= 4 is 65.0 Å². The third-order valence-corrected chi connectivity index (χ3v) is 9.29. The van der Waals surface area contributed by atoms with Crippen LogP contribution < -0.4 is 0 Å². The molecule has 10 rings (SSSR count). The SMILES string of the molecule is c1ccc2cc(-c3nc(-c4ccc5c(c4)oc4ccccc45)nc(-c4cc5c6ccccc6ccc5c5ccccc45)n3)ccc2c1. The second-order valence-electron chi connectivity index (χ2n) is 12.0. The van der Waals surface area contributed by atoms with Crippen molar-refractivity contribution in [3.05, 3.63) is 152 Å². The van der Waals surface area contributed by atoms with Crippen LogP contribution in [0.4, 0.5) is 0 Å². The van der Waals surface area contributed by atoms with Gasteiger partial charge in [-0.2, -0.15) is 0 Å². The standard InChI is InChI=1S/C43H25N3O/c1-2-11-28-23-29(18-17-26(28)9-1)41-44-42(30-20-22-36-35-15-7-8-16-39(35)47-40(36)24-30)46-43(45-41)38-25-37-31-12-4-3-10-27(31)19-21-34(37)32-13-5-6-14-33(32)38/h1-25H. The molecule has 0 aliphatic carbocycles. The molecule has 2 heterocycles. The molecule has 0 saturated heterocycles. The van der Waals surface area contributed by atoms with Crippen LogP contribution in [-0.4, -0.2) is 15.0 Å². The highest BCUT2D eigenvalue weighted by Gasteiger charge is 2.18. The van der Waals surface area contributed by atoms with E-state index in [1.807, 2.05) is 24.3 Å². The summed E-state index contributed by atoms with van der Waals surface area (Å²) in [5, 5.41) is 11.5. The molecule has 0 saturated carbocycles. The van der Waals surface area contributed by atoms with Crippen LogP contribution in [0.1, 0.15) is 0 Å². The van der Waals surface area contributed by atoms with Gasteiger partial charge < -0.3 is 4.42 Å². The second-order valence-corrected chi connectivity index (χ2v) is 12.0. The van der Waals surface area contributed by atoms with Gasteiger partial charge in [0.25, 0.3) is 0 Å². The predicted molar refractivity (Wildman–Crippen MR) is 193 cm³/mol. The number of nitrogens with zero attached hydrogens (tertiary/aromatic N) is 3. The van der Waals surface area contributed by atoms with Crippen molar-refractivity contribution in [2.24, 2.45) is 0 Å². The van der Waals surface area contributed by atoms with Gasteiger partial charge in [-0.1, -0.05) is 121 Å². The van der Waals surface area contributed by atoms with Crippen LogP contribution in [0.2, 0.25) is 0 Å². The van der Waals surface area contributed by atoms with Crippen LogP contribution in [0, 0.1) is 0 Å². The summed E-state index contributed by atoms with van der Waals surface area (Å²) < 4.78 is 6.27. The average molecular weight is 600 g/mol. The monoisotopic (exact) mass is 599 g/mol. The Bertz CT molecular complexity index is 2870. The van der Waals surface area contributed by atoms with E-state index in [-0.39, 0.29) is 0 Å². The molecule has 0 aliphatic rings. The van der Waals surface area contributed by atoms with Crippen LogP contribution in [0.3, 0.4) is 0 Å². The predicted octanol–water partition coefficient (Wildman–Crippen LogP) is 11.4. The first-order chi connectivity index (χ1) is 23.3. The lowest BCUT2D eigenvalue weighted by molar-refractivity contribution is 0.669. The number of fused-ring (bicyclic) bond motifs is 9. The molecule has 47 heavy (non-hydrogen) atoms. The molecular formula is C43H25N3O. The quantitative estimate of drug-likeness (QED) is 0.190. The zero-order valence-corrected chi connectivity index (χ0v) is 25.2. The number of para-hydroxylation sites is 1. The Hall–Kier alpha value is -6.39. The molecule has 0 bridgehead atoms. The molecule has 0 spiro atoms. The first-order valence-corrected chi connectivity index (χ1v) is 15.8. The summed E-state index contributed by atoms with van der Waals surface area (Å²) in [6.45, 7) is 0. The highest BCUT2D eigenvalue weighted by molar-refractivity contribution is 6.20. The van der Waals surface area contributed by atoms with E-state index in [0.717, 1.165) is 49.4 Å². The van der Waals surface area contributed by atoms with E-state index in [1.165, 1.54) is 32.3 Å². The summed E-state index contributed by atoms with van der Waals surface area (Å²) in [5.41, 5.74) is 4.45. The second kappa shape index (κ2) is 10.1. The molecule has 0 amide bonds. The molecule has 0 aliphatic heterocycles. The molecule has 0 unspecified atom stereocenters. The summed E-state index contributed by atoms with van der Waals surface area (Å²) in [4.78, 5) is 15.5. The smallest absolute Gasteiger partial charge is 0.164 e. The summed E-state index contributed by atoms with van der Waals surface area (Å²) >= 11 is 0. The van der Waals surface area contributed by atoms with Gasteiger partial charge in [0.2, 0.25) is 0 Å². The van der Waals surface area contributed by atoms with Crippen molar-refractivity contribution in [1.82, 2.24) is 15.0 Å². The fraction of sp³-hybridized carbons (Fsp3) is 0. The van der Waals surface area contributed by atoms with Gasteiger partial charge in [0.15, 0.2) is 17.5 Å². The van der Waals surface area contributed by atoms with Crippen molar-refractivity contribution in [2.75, 3.05) is 0 Å². The lowest BCUT2D eigenvalue weighted by Crippen LogP contribution is -2.01. The van der Waals surface area contributed by atoms with Gasteiger partial charge >= 0.3 is 0 Å². The van der Waals surface area contributed by atoms with Gasteiger partial charge in [-0.15, -0.1) is 0 Å². The van der Waals surface area contributed by atoms with E-state index < -0.39 is 0 Å². The van der Waals surface area contributed by atoms with Gasteiger partial charge in [0.1, 0.15) is 11.2 Å². The highest BCUT2D eigenvalue weighted by atomic mass is 16.3. The molecule has 2 aromatic heterocycles. The number of hydrogen-bond acceptors (Lipinski definition) is 4. The lowest BCUT2D eigenvalue weighted by Gasteiger charge is -2.14. The summed E-state index contributed by atoms with van der Waals surface area (Å²) in [6.07, 6.45) is 0. The summed E-state index contributed by atoms with van der Waals surface area (Å²) in [6, 6.07) is 52.9. The molecule has 4 heteroatoms. The molecule has 4 nitrogen and oxygen atoms in total. The van der Waals surface area contributed by atoms with Gasteiger partial charge in [-0.05, 0) is 73.4 Å². The Kier molecular flexibility index (Phi) is 5.54. The van der Waals surface area contributed by atoms with Gasteiger partial charge in [-0.25, -0.2) is 15.0 Å². The van der Waals surface area contributed by atoms with Crippen LogP contribution in [0.15, 0.2) is 156 Å². The average Bonchev–Trinajstić information content (AvgIpc) is 3.52. The number of furan rings is 1. The summed E-state index contributed by atoms with van der Waals surface area (Å²) in [7, 11) is 0. The van der Waals surface area contributed by atoms with Gasteiger partial charge in [0, 0.05) is 27.5 Å². The number of benzene rings is 8. The largest absolute Gasteiger partial charge is 0.456 e. The molecule has 8 aromatic carbocycles. The van der Waals surface area contributed by atoms with E-state index in [9.17, 15) is 0 Å². The van der Waals surface area contributed by atoms with Crippen molar-refractivity contribution in [3.8, 4) is 34.2 Å². The van der Waals surface area contributed by atoms with E-state index in [0.29, 0.717) is 17.5 Å². The zero-order chi connectivity index (χ0) is 30.9. The van der Waals surface area contributed by atoms with Crippen LogP contribution in [0.25, 0.3) is 99.2 Å². The van der Waals surface area contributed by atoms with E-state index >= 15 is 0 Å². The lowest BCUT2D eigenvalue weighted by atomic mass is 9.93. The maximum atomic E-state index is 6.27. The first kappa shape index (κ1) is 25.9. The third-order valence-electron chi connectivity index (χ3n) is 9.29. The topological polar surface area (TPSA) is 51.8 Å². The van der Waals surface area contributed by atoms with E-state index in [1.54, 1.807) is 0 Å². The fourth-order valence-electron chi connectivity index (χ4n) is 6.99. The maximum absolute atomic E-state index is 6.27. The molecule has 0 radical (unpaired) electrons. The zero-order valence-electron chi connectivity index (χ0n) is 25.2. The van der Waals surface area contributed by atoms with Crippen molar-refractivity contribution in [1.29, 1.82) is 0 Å². The summed E-state index contributed by atoms with van der Waals surface area (Å²) in [5.74, 6) is 1.86. The third kappa shape index (κ3) is 4.12. The Morgan fingerprint density at radius 3 is 1.72 bits per heavy atom. The highest BCUT2D eigenvalue weighted by Crippen LogP contribution is 2.38.